The van der Waals surface area contributed by atoms with Crippen molar-refractivity contribution in [3.63, 3.8) is 0 Å². The lowest BCUT2D eigenvalue weighted by molar-refractivity contribution is -0.126. The summed E-state index contributed by atoms with van der Waals surface area (Å²) in [5, 5.41) is 3.03. The summed E-state index contributed by atoms with van der Waals surface area (Å²) in [6.07, 6.45) is 6.17. The SMILES string of the molecule is O=C(NCCN1CCCCCC1)C1CCN(C(=O)c2ccc(F)cc2F)CC1. The van der Waals surface area contributed by atoms with Crippen molar-refractivity contribution in [2.45, 2.75) is 38.5 Å². The van der Waals surface area contributed by atoms with E-state index in [1.54, 1.807) is 0 Å². The highest BCUT2D eigenvalue weighted by atomic mass is 19.1. The molecule has 0 bridgehead atoms. The zero-order valence-electron chi connectivity index (χ0n) is 16.3. The van der Waals surface area contributed by atoms with Gasteiger partial charge in [0.1, 0.15) is 11.6 Å². The number of halogens is 2. The number of hydrogen-bond donors (Lipinski definition) is 1. The van der Waals surface area contributed by atoms with Crippen LogP contribution < -0.4 is 5.32 Å². The van der Waals surface area contributed by atoms with Crippen LogP contribution in [0, 0.1) is 17.6 Å². The fourth-order valence-corrected chi connectivity index (χ4v) is 4.02. The van der Waals surface area contributed by atoms with Crippen LogP contribution in [0.15, 0.2) is 18.2 Å². The zero-order chi connectivity index (χ0) is 19.9. The van der Waals surface area contributed by atoms with Crippen molar-refractivity contribution >= 4 is 11.8 Å². The number of carbonyl (C=O) groups is 2. The molecular weight excluding hydrogens is 364 g/mol. The minimum Gasteiger partial charge on any atom is -0.355 e. The molecule has 2 heterocycles. The van der Waals surface area contributed by atoms with Gasteiger partial charge in [0, 0.05) is 38.2 Å². The number of carbonyl (C=O) groups excluding carboxylic acids is 2. The van der Waals surface area contributed by atoms with E-state index in [0.29, 0.717) is 32.5 Å². The summed E-state index contributed by atoms with van der Waals surface area (Å²) < 4.78 is 26.8. The molecule has 1 N–H and O–H groups in total. The molecule has 0 unspecified atom stereocenters. The summed E-state index contributed by atoms with van der Waals surface area (Å²) in [7, 11) is 0. The molecule has 1 aromatic rings. The van der Waals surface area contributed by atoms with Crippen molar-refractivity contribution < 1.29 is 18.4 Å². The lowest BCUT2D eigenvalue weighted by Crippen LogP contribution is -2.44. The molecule has 28 heavy (non-hydrogen) atoms. The summed E-state index contributed by atoms with van der Waals surface area (Å²) >= 11 is 0. The maximum absolute atomic E-state index is 13.8. The molecule has 1 aromatic carbocycles. The van der Waals surface area contributed by atoms with Crippen LogP contribution in [-0.2, 0) is 4.79 Å². The highest BCUT2D eigenvalue weighted by Gasteiger charge is 2.28. The van der Waals surface area contributed by atoms with Gasteiger partial charge in [-0.3, -0.25) is 9.59 Å². The predicted molar refractivity (Wildman–Crippen MR) is 103 cm³/mol. The smallest absolute Gasteiger partial charge is 0.256 e. The van der Waals surface area contributed by atoms with Gasteiger partial charge >= 0.3 is 0 Å². The van der Waals surface area contributed by atoms with Gasteiger partial charge in [-0.25, -0.2) is 8.78 Å². The summed E-state index contributed by atoms with van der Waals surface area (Å²) in [4.78, 5) is 28.8. The van der Waals surface area contributed by atoms with Gasteiger partial charge in [-0.2, -0.15) is 0 Å². The van der Waals surface area contributed by atoms with E-state index in [1.165, 1.54) is 36.6 Å². The van der Waals surface area contributed by atoms with Crippen molar-refractivity contribution in [2.75, 3.05) is 39.3 Å². The van der Waals surface area contributed by atoms with Crippen LogP contribution in [0.25, 0.3) is 0 Å². The summed E-state index contributed by atoms with van der Waals surface area (Å²) in [6, 6.07) is 2.98. The van der Waals surface area contributed by atoms with Crippen LogP contribution in [0.5, 0.6) is 0 Å². The number of nitrogens with zero attached hydrogens (tertiary/aromatic N) is 2. The van der Waals surface area contributed by atoms with E-state index in [9.17, 15) is 18.4 Å². The third-order valence-electron chi connectivity index (χ3n) is 5.74. The summed E-state index contributed by atoms with van der Waals surface area (Å²) in [5.41, 5.74) is -0.123. The van der Waals surface area contributed by atoms with Crippen molar-refractivity contribution in [1.82, 2.24) is 15.1 Å². The van der Waals surface area contributed by atoms with Crippen molar-refractivity contribution in [2.24, 2.45) is 5.92 Å². The van der Waals surface area contributed by atoms with Crippen molar-refractivity contribution in [3.8, 4) is 0 Å². The number of rotatable bonds is 5. The molecule has 2 aliphatic heterocycles. The van der Waals surface area contributed by atoms with Crippen molar-refractivity contribution in [3.05, 3.63) is 35.4 Å². The summed E-state index contributed by atoms with van der Waals surface area (Å²) in [6.45, 7) is 4.55. The Kier molecular flexibility index (Phi) is 7.36. The molecule has 2 aliphatic rings. The van der Waals surface area contributed by atoms with Gasteiger partial charge in [-0.1, -0.05) is 12.8 Å². The molecule has 0 spiro atoms. The van der Waals surface area contributed by atoms with Gasteiger partial charge in [-0.15, -0.1) is 0 Å². The average Bonchev–Trinajstić information content (AvgIpc) is 2.96. The summed E-state index contributed by atoms with van der Waals surface area (Å²) in [5.74, 6) is -2.08. The van der Waals surface area contributed by atoms with E-state index >= 15 is 0 Å². The Morgan fingerprint density at radius 2 is 1.68 bits per heavy atom. The molecule has 5 nitrogen and oxygen atoms in total. The first kappa shape index (κ1) is 20.7. The second kappa shape index (κ2) is 9.96. The third kappa shape index (κ3) is 5.50. The molecule has 154 valence electrons. The molecule has 0 aliphatic carbocycles. The Morgan fingerprint density at radius 1 is 1.00 bits per heavy atom. The van der Waals surface area contributed by atoms with Crippen LogP contribution in [0.1, 0.15) is 48.9 Å². The van der Waals surface area contributed by atoms with E-state index in [1.807, 2.05) is 0 Å². The maximum atomic E-state index is 13.8. The predicted octanol–water partition coefficient (Wildman–Crippen LogP) is 2.81. The Morgan fingerprint density at radius 3 is 2.32 bits per heavy atom. The molecular formula is C21H29F2N3O2. The highest BCUT2D eigenvalue weighted by Crippen LogP contribution is 2.20. The minimum absolute atomic E-state index is 0.0369. The first-order chi connectivity index (χ1) is 13.5. The number of piperidine rings is 1. The number of likely N-dealkylation sites (tertiary alicyclic amines) is 2. The van der Waals surface area contributed by atoms with Crippen LogP contribution in [0.2, 0.25) is 0 Å². The second-order valence-corrected chi connectivity index (χ2v) is 7.74. The largest absolute Gasteiger partial charge is 0.355 e. The van der Waals surface area contributed by atoms with Crippen LogP contribution >= 0.6 is 0 Å². The van der Waals surface area contributed by atoms with Gasteiger partial charge in [0.25, 0.3) is 5.91 Å². The molecule has 0 atom stereocenters. The Labute approximate surface area is 165 Å². The number of benzene rings is 1. The first-order valence-electron chi connectivity index (χ1n) is 10.3. The Balaban J connectivity index is 1.41. The van der Waals surface area contributed by atoms with Crippen LogP contribution in [-0.4, -0.2) is 60.9 Å². The average molecular weight is 393 g/mol. The fourth-order valence-electron chi connectivity index (χ4n) is 4.02. The number of amides is 2. The standard InChI is InChI=1S/C21H29F2N3O2/c22-17-5-6-18(19(23)15-17)21(28)26-12-7-16(8-13-26)20(27)24-9-14-25-10-3-1-2-4-11-25/h5-6,15-16H,1-4,7-14H2,(H,24,27). The first-order valence-corrected chi connectivity index (χ1v) is 10.3. The van der Waals surface area contributed by atoms with E-state index in [2.05, 4.69) is 10.2 Å². The van der Waals surface area contributed by atoms with E-state index in [0.717, 1.165) is 31.8 Å². The monoisotopic (exact) mass is 393 g/mol. The van der Waals surface area contributed by atoms with Crippen LogP contribution in [0.4, 0.5) is 8.78 Å². The second-order valence-electron chi connectivity index (χ2n) is 7.74. The Hall–Kier alpha value is -2.02. The van der Waals surface area contributed by atoms with E-state index in [4.69, 9.17) is 0 Å². The molecule has 2 amide bonds. The van der Waals surface area contributed by atoms with Crippen LogP contribution in [0.3, 0.4) is 0 Å². The van der Waals surface area contributed by atoms with Gasteiger partial charge in [0.05, 0.1) is 5.56 Å². The number of nitrogens with one attached hydrogen (secondary N) is 1. The van der Waals surface area contributed by atoms with Gasteiger partial charge in [0.15, 0.2) is 0 Å². The lowest BCUT2D eigenvalue weighted by atomic mass is 9.95. The minimum atomic E-state index is -0.849. The van der Waals surface area contributed by atoms with E-state index < -0.39 is 17.5 Å². The van der Waals surface area contributed by atoms with E-state index in [-0.39, 0.29) is 17.4 Å². The molecule has 7 heteroatoms. The van der Waals surface area contributed by atoms with Crippen molar-refractivity contribution in [1.29, 1.82) is 0 Å². The molecule has 0 radical (unpaired) electrons. The molecule has 0 saturated carbocycles. The molecule has 0 aromatic heterocycles. The lowest BCUT2D eigenvalue weighted by Gasteiger charge is -2.31. The normalized spacial score (nSPS) is 19.3. The molecule has 3 rings (SSSR count). The van der Waals surface area contributed by atoms with Gasteiger partial charge in [0.2, 0.25) is 5.91 Å². The molecule has 2 fully saturated rings. The maximum Gasteiger partial charge on any atom is 0.256 e. The van der Waals surface area contributed by atoms with Gasteiger partial charge < -0.3 is 15.1 Å². The Bertz CT molecular complexity index is 682. The van der Waals surface area contributed by atoms with Gasteiger partial charge in [-0.05, 0) is 50.9 Å². The topological polar surface area (TPSA) is 52.7 Å². The molecule has 2 saturated heterocycles. The zero-order valence-corrected chi connectivity index (χ0v) is 16.3. The quantitative estimate of drug-likeness (QED) is 0.837. The highest BCUT2D eigenvalue weighted by molar-refractivity contribution is 5.94. The fraction of sp³-hybridized carbons (Fsp3) is 0.619. The number of hydrogen-bond acceptors (Lipinski definition) is 3. The third-order valence-corrected chi connectivity index (χ3v) is 5.74.